The largest absolute Gasteiger partial charge is 0.494 e. The van der Waals surface area contributed by atoms with Gasteiger partial charge >= 0.3 is 5.97 Å². The zero-order valence-electron chi connectivity index (χ0n) is 20.6. The van der Waals surface area contributed by atoms with Gasteiger partial charge in [0.1, 0.15) is 18.1 Å². The molecule has 3 aromatic carbocycles. The highest BCUT2D eigenvalue weighted by atomic mass is 32.2. The second-order valence-electron chi connectivity index (χ2n) is 8.01. The molecule has 0 unspecified atom stereocenters. The van der Waals surface area contributed by atoms with E-state index in [0.29, 0.717) is 30.2 Å². The van der Waals surface area contributed by atoms with E-state index in [9.17, 15) is 22.4 Å². The molecule has 0 aliphatic carbocycles. The molecule has 0 aliphatic rings. The van der Waals surface area contributed by atoms with Gasteiger partial charge in [0.25, 0.3) is 10.0 Å². The molecule has 0 aromatic heterocycles. The average molecular weight is 529 g/mol. The van der Waals surface area contributed by atoms with E-state index in [0.717, 1.165) is 41.4 Å². The maximum Gasteiger partial charge on any atom is 0.338 e. The first kappa shape index (κ1) is 27.7. The molecule has 1 amide bonds. The lowest BCUT2D eigenvalue weighted by Crippen LogP contribution is -2.38. The average Bonchev–Trinajstić information content (AvgIpc) is 2.89. The summed E-state index contributed by atoms with van der Waals surface area (Å²) < 4.78 is 51.8. The van der Waals surface area contributed by atoms with Crippen LogP contribution in [0.15, 0.2) is 77.7 Å². The Kier molecular flexibility index (Phi) is 9.62. The predicted octanol–water partition coefficient (Wildman–Crippen LogP) is 5.02. The highest BCUT2D eigenvalue weighted by molar-refractivity contribution is 7.92. The van der Waals surface area contributed by atoms with E-state index in [1.165, 1.54) is 36.4 Å². The number of carbonyl (C=O) groups excluding carboxylic acids is 2. The minimum Gasteiger partial charge on any atom is -0.494 e. The maximum absolute atomic E-state index is 13.4. The molecular formula is C27H29FN2O6S. The number of anilines is 2. The smallest absolute Gasteiger partial charge is 0.338 e. The molecule has 0 heterocycles. The number of amides is 1. The summed E-state index contributed by atoms with van der Waals surface area (Å²) in [6, 6.07) is 16.7. The normalized spacial score (nSPS) is 11.0. The van der Waals surface area contributed by atoms with E-state index in [2.05, 4.69) is 5.32 Å². The summed E-state index contributed by atoms with van der Waals surface area (Å²) >= 11 is 0. The van der Waals surface area contributed by atoms with Gasteiger partial charge in [-0.3, -0.25) is 9.10 Å². The second kappa shape index (κ2) is 12.9. The van der Waals surface area contributed by atoms with Crippen LogP contribution in [0.5, 0.6) is 5.75 Å². The van der Waals surface area contributed by atoms with Crippen LogP contribution in [0.2, 0.25) is 0 Å². The van der Waals surface area contributed by atoms with Crippen LogP contribution >= 0.6 is 0 Å². The molecule has 0 atom stereocenters. The molecule has 196 valence electrons. The fourth-order valence-electron chi connectivity index (χ4n) is 3.34. The first-order valence-corrected chi connectivity index (χ1v) is 13.3. The van der Waals surface area contributed by atoms with Crippen molar-refractivity contribution in [2.75, 3.05) is 29.4 Å². The van der Waals surface area contributed by atoms with Gasteiger partial charge in [0.05, 0.1) is 29.4 Å². The Morgan fingerprint density at radius 3 is 2.16 bits per heavy atom. The molecule has 0 radical (unpaired) electrons. The Morgan fingerprint density at radius 2 is 1.57 bits per heavy atom. The molecule has 3 aromatic rings. The van der Waals surface area contributed by atoms with Gasteiger partial charge in [-0.15, -0.1) is 0 Å². The quantitative estimate of drug-likeness (QED) is 0.262. The Labute approximate surface area is 216 Å². The Bertz CT molecular complexity index is 1290. The van der Waals surface area contributed by atoms with Crippen molar-refractivity contribution in [3.8, 4) is 5.75 Å². The van der Waals surface area contributed by atoms with Crippen molar-refractivity contribution in [1.82, 2.24) is 0 Å². The summed E-state index contributed by atoms with van der Waals surface area (Å²) in [6.45, 7) is 4.04. The number of rotatable bonds is 12. The number of halogens is 1. The zero-order valence-corrected chi connectivity index (χ0v) is 21.5. The van der Waals surface area contributed by atoms with Gasteiger partial charge in [-0.2, -0.15) is 0 Å². The van der Waals surface area contributed by atoms with Gasteiger partial charge in [-0.25, -0.2) is 17.6 Å². The standard InChI is InChI=1S/C27H29FN2O6S/c1-3-5-18-36-27(32)20-6-10-22(11-7-20)29-26(31)19-30(23-12-14-24(15-13-23)35-4-2)37(33,34)25-16-8-21(28)9-17-25/h6-17H,3-5,18-19H2,1-2H3,(H,29,31). The lowest BCUT2D eigenvalue weighted by molar-refractivity contribution is -0.114. The van der Waals surface area contributed by atoms with Crippen LogP contribution in [-0.2, 0) is 19.6 Å². The van der Waals surface area contributed by atoms with E-state index >= 15 is 0 Å². The number of sulfonamides is 1. The van der Waals surface area contributed by atoms with Crippen molar-refractivity contribution in [2.24, 2.45) is 0 Å². The molecular weight excluding hydrogens is 499 g/mol. The lowest BCUT2D eigenvalue weighted by Gasteiger charge is -2.24. The number of benzene rings is 3. The first-order valence-electron chi connectivity index (χ1n) is 11.8. The van der Waals surface area contributed by atoms with Crippen LogP contribution in [0, 0.1) is 5.82 Å². The van der Waals surface area contributed by atoms with E-state index in [1.54, 1.807) is 12.1 Å². The Balaban J connectivity index is 1.79. The van der Waals surface area contributed by atoms with E-state index < -0.39 is 34.3 Å². The van der Waals surface area contributed by atoms with Gasteiger partial charge < -0.3 is 14.8 Å². The molecule has 1 N–H and O–H groups in total. The number of esters is 1. The number of nitrogens with zero attached hydrogens (tertiary/aromatic N) is 1. The summed E-state index contributed by atoms with van der Waals surface area (Å²) in [6.07, 6.45) is 1.67. The minimum absolute atomic E-state index is 0.165. The number of hydrogen-bond donors (Lipinski definition) is 1. The number of carbonyl (C=O) groups is 2. The second-order valence-corrected chi connectivity index (χ2v) is 9.87. The molecule has 0 fully saturated rings. The van der Waals surface area contributed by atoms with Crippen LogP contribution < -0.4 is 14.4 Å². The van der Waals surface area contributed by atoms with Crippen molar-refractivity contribution in [2.45, 2.75) is 31.6 Å². The molecule has 0 saturated carbocycles. The van der Waals surface area contributed by atoms with E-state index in [-0.39, 0.29) is 10.6 Å². The van der Waals surface area contributed by atoms with Gasteiger partial charge in [0, 0.05) is 5.69 Å². The number of ether oxygens (including phenoxy) is 2. The topological polar surface area (TPSA) is 102 Å². The highest BCUT2D eigenvalue weighted by Gasteiger charge is 2.27. The van der Waals surface area contributed by atoms with Crippen molar-refractivity contribution in [1.29, 1.82) is 0 Å². The number of nitrogens with one attached hydrogen (secondary N) is 1. The Morgan fingerprint density at radius 1 is 0.919 bits per heavy atom. The van der Waals surface area contributed by atoms with Crippen molar-refractivity contribution in [3.63, 3.8) is 0 Å². The predicted molar refractivity (Wildman–Crippen MR) is 139 cm³/mol. The highest BCUT2D eigenvalue weighted by Crippen LogP contribution is 2.26. The fraction of sp³-hybridized carbons (Fsp3) is 0.259. The summed E-state index contributed by atoms with van der Waals surface area (Å²) in [5.74, 6) is -1.11. The third-order valence-electron chi connectivity index (χ3n) is 5.26. The molecule has 3 rings (SSSR count). The van der Waals surface area contributed by atoms with Crippen LogP contribution in [0.1, 0.15) is 37.0 Å². The van der Waals surface area contributed by atoms with Crippen LogP contribution in [0.4, 0.5) is 15.8 Å². The number of hydrogen-bond acceptors (Lipinski definition) is 6. The van der Waals surface area contributed by atoms with Crippen LogP contribution in [0.3, 0.4) is 0 Å². The van der Waals surface area contributed by atoms with Crippen LogP contribution in [0.25, 0.3) is 0 Å². The zero-order chi connectivity index (χ0) is 26.8. The van der Waals surface area contributed by atoms with Crippen molar-refractivity contribution in [3.05, 3.63) is 84.2 Å². The molecule has 8 nitrogen and oxygen atoms in total. The monoisotopic (exact) mass is 528 g/mol. The van der Waals surface area contributed by atoms with Gasteiger partial charge in [0.2, 0.25) is 5.91 Å². The molecule has 0 bridgehead atoms. The minimum atomic E-state index is -4.21. The van der Waals surface area contributed by atoms with Gasteiger partial charge in [0.15, 0.2) is 0 Å². The Hall–Kier alpha value is -3.92. The van der Waals surface area contributed by atoms with Gasteiger partial charge in [-0.05, 0) is 86.1 Å². The third-order valence-corrected chi connectivity index (χ3v) is 7.05. The first-order chi connectivity index (χ1) is 17.7. The summed E-state index contributed by atoms with van der Waals surface area (Å²) in [5, 5.41) is 2.64. The molecule has 37 heavy (non-hydrogen) atoms. The molecule has 0 spiro atoms. The fourth-order valence-corrected chi connectivity index (χ4v) is 4.76. The van der Waals surface area contributed by atoms with E-state index in [1.807, 2.05) is 13.8 Å². The lowest BCUT2D eigenvalue weighted by atomic mass is 10.2. The SMILES string of the molecule is CCCCOC(=O)c1ccc(NC(=O)CN(c2ccc(OCC)cc2)S(=O)(=O)c2ccc(F)cc2)cc1. The van der Waals surface area contributed by atoms with Gasteiger partial charge in [-0.1, -0.05) is 13.3 Å². The van der Waals surface area contributed by atoms with Crippen LogP contribution in [-0.4, -0.2) is 40.1 Å². The summed E-state index contributed by atoms with van der Waals surface area (Å²) in [4.78, 5) is 24.8. The summed E-state index contributed by atoms with van der Waals surface area (Å²) in [7, 11) is -4.21. The van der Waals surface area contributed by atoms with Crippen molar-refractivity contribution >= 4 is 33.3 Å². The molecule has 0 saturated heterocycles. The van der Waals surface area contributed by atoms with E-state index in [4.69, 9.17) is 9.47 Å². The maximum atomic E-state index is 13.4. The molecule has 0 aliphatic heterocycles. The number of unbranched alkanes of at least 4 members (excludes halogenated alkanes) is 1. The third kappa shape index (κ3) is 7.53. The summed E-state index contributed by atoms with van der Waals surface area (Å²) in [5.41, 5.74) is 0.943. The van der Waals surface area contributed by atoms with Crippen molar-refractivity contribution < 1.29 is 31.9 Å². The molecule has 10 heteroatoms.